The van der Waals surface area contributed by atoms with Crippen molar-refractivity contribution in [2.24, 2.45) is 0 Å². The van der Waals surface area contributed by atoms with E-state index in [9.17, 15) is 0 Å². The second-order valence-corrected chi connectivity index (χ2v) is 4.38. The van der Waals surface area contributed by atoms with Crippen LogP contribution >= 0.6 is 0 Å². The van der Waals surface area contributed by atoms with Crippen LogP contribution in [-0.4, -0.2) is 32.4 Å². The number of benzene rings is 1. The standard InChI is InChI=1S/C14H21NO2/c1-2-5-13(6-3-1)12-16-10-8-15-11-14-7-4-9-17-14/h1-3,5-6,14-15H,4,7-12H2. The highest BCUT2D eigenvalue weighted by molar-refractivity contribution is 5.13. The molecule has 94 valence electrons. The number of nitrogens with one attached hydrogen (secondary N) is 1. The van der Waals surface area contributed by atoms with Gasteiger partial charge in [-0.3, -0.25) is 0 Å². The van der Waals surface area contributed by atoms with Crippen molar-refractivity contribution < 1.29 is 9.47 Å². The van der Waals surface area contributed by atoms with Gasteiger partial charge < -0.3 is 14.8 Å². The lowest BCUT2D eigenvalue weighted by atomic mass is 10.2. The highest BCUT2D eigenvalue weighted by Gasteiger charge is 2.13. The van der Waals surface area contributed by atoms with Crippen molar-refractivity contribution >= 4 is 0 Å². The zero-order chi connectivity index (χ0) is 11.8. The Kier molecular flexibility index (Phi) is 5.49. The van der Waals surface area contributed by atoms with E-state index < -0.39 is 0 Å². The van der Waals surface area contributed by atoms with Crippen molar-refractivity contribution in [2.75, 3.05) is 26.3 Å². The molecule has 1 fully saturated rings. The number of rotatable bonds is 7. The average Bonchev–Trinajstić information content (AvgIpc) is 2.88. The molecule has 1 heterocycles. The van der Waals surface area contributed by atoms with Crippen LogP contribution in [0.2, 0.25) is 0 Å². The summed E-state index contributed by atoms with van der Waals surface area (Å²) in [7, 11) is 0. The molecule has 0 aromatic heterocycles. The summed E-state index contributed by atoms with van der Waals surface area (Å²) in [5, 5.41) is 3.36. The third kappa shape index (κ3) is 4.86. The van der Waals surface area contributed by atoms with Gasteiger partial charge in [-0.1, -0.05) is 30.3 Å². The molecule has 1 aromatic rings. The van der Waals surface area contributed by atoms with E-state index in [2.05, 4.69) is 17.4 Å². The van der Waals surface area contributed by atoms with Crippen molar-refractivity contribution in [1.82, 2.24) is 5.32 Å². The molecule has 3 heteroatoms. The smallest absolute Gasteiger partial charge is 0.0717 e. The third-order valence-electron chi connectivity index (χ3n) is 2.93. The maximum Gasteiger partial charge on any atom is 0.0717 e. The van der Waals surface area contributed by atoms with E-state index in [4.69, 9.17) is 9.47 Å². The van der Waals surface area contributed by atoms with Crippen molar-refractivity contribution in [2.45, 2.75) is 25.6 Å². The van der Waals surface area contributed by atoms with Gasteiger partial charge in [0.05, 0.1) is 19.3 Å². The molecule has 17 heavy (non-hydrogen) atoms. The van der Waals surface area contributed by atoms with Crippen LogP contribution in [0.3, 0.4) is 0 Å². The van der Waals surface area contributed by atoms with Gasteiger partial charge >= 0.3 is 0 Å². The van der Waals surface area contributed by atoms with E-state index in [1.165, 1.54) is 18.4 Å². The van der Waals surface area contributed by atoms with Gasteiger partial charge in [-0.05, 0) is 18.4 Å². The molecule has 1 saturated heterocycles. The lowest BCUT2D eigenvalue weighted by Gasteiger charge is -2.10. The van der Waals surface area contributed by atoms with Gasteiger partial charge in [0.2, 0.25) is 0 Å². The summed E-state index contributed by atoms with van der Waals surface area (Å²) in [6.45, 7) is 4.22. The predicted octanol–water partition coefficient (Wildman–Crippen LogP) is 1.97. The fourth-order valence-electron chi connectivity index (χ4n) is 1.98. The second kappa shape index (κ2) is 7.43. The summed E-state index contributed by atoms with van der Waals surface area (Å²) in [5.41, 5.74) is 1.23. The maximum atomic E-state index is 5.58. The minimum absolute atomic E-state index is 0.420. The predicted molar refractivity (Wildman–Crippen MR) is 67.9 cm³/mol. The minimum atomic E-state index is 0.420. The molecule has 1 unspecified atom stereocenters. The molecule has 1 N–H and O–H groups in total. The largest absolute Gasteiger partial charge is 0.377 e. The van der Waals surface area contributed by atoms with Crippen LogP contribution in [0.15, 0.2) is 30.3 Å². The molecule has 0 aliphatic carbocycles. The first-order valence-electron chi connectivity index (χ1n) is 6.39. The van der Waals surface area contributed by atoms with Gasteiger partial charge in [-0.2, -0.15) is 0 Å². The van der Waals surface area contributed by atoms with E-state index in [0.717, 1.165) is 26.3 Å². The summed E-state index contributed by atoms with van der Waals surface area (Å²) in [4.78, 5) is 0. The van der Waals surface area contributed by atoms with Gasteiger partial charge in [-0.25, -0.2) is 0 Å². The highest BCUT2D eigenvalue weighted by atomic mass is 16.5. The molecule has 3 nitrogen and oxygen atoms in total. The topological polar surface area (TPSA) is 30.5 Å². The fourth-order valence-corrected chi connectivity index (χ4v) is 1.98. The van der Waals surface area contributed by atoms with E-state index in [-0.39, 0.29) is 0 Å². The minimum Gasteiger partial charge on any atom is -0.377 e. The van der Waals surface area contributed by atoms with Crippen molar-refractivity contribution in [3.05, 3.63) is 35.9 Å². The molecule has 2 rings (SSSR count). The Labute approximate surface area is 103 Å². The van der Waals surface area contributed by atoms with Gasteiger partial charge in [-0.15, -0.1) is 0 Å². The highest BCUT2D eigenvalue weighted by Crippen LogP contribution is 2.10. The lowest BCUT2D eigenvalue weighted by Crippen LogP contribution is -2.29. The van der Waals surface area contributed by atoms with Gasteiger partial charge in [0.15, 0.2) is 0 Å². The molecular weight excluding hydrogens is 214 g/mol. The molecule has 1 atom stereocenters. The van der Waals surface area contributed by atoms with Crippen LogP contribution in [0.4, 0.5) is 0 Å². The Morgan fingerprint density at radius 3 is 2.94 bits per heavy atom. The average molecular weight is 235 g/mol. The maximum absolute atomic E-state index is 5.58. The first kappa shape index (κ1) is 12.6. The molecule has 1 aliphatic rings. The van der Waals surface area contributed by atoms with Crippen molar-refractivity contribution in [1.29, 1.82) is 0 Å². The first-order valence-corrected chi connectivity index (χ1v) is 6.39. The summed E-state index contributed by atoms with van der Waals surface area (Å²) < 4.78 is 11.1. The second-order valence-electron chi connectivity index (χ2n) is 4.38. The van der Waals surface area contributed by atoms with Gasteiger partial charge in [0.25, 0.3) is 0 Å². The SMILES string of the molecule is c1ccc(COCCNCC2CCCO2)cc1. The number of ether oxygens (including phenoxy) is 2. The number of hydrogen-bond donors (Lipinski definition) is 1. The van der Waals surface area contributed by atoms with E-state index in [1.807, 2.05) is 18.2 Å². The fraction of sp³-hybridized carbons (Fsp3) is 0.571. The zero-order valence-electron chi connectivity index (χ0n) is 10.2. The molecule has 1 aromatic carbocycles. The Hall–Kier alpha value is -0.900. The zero-order valence-corrected chi connectivity index (χ0v) is 10.2. The van der Waals surface area contributed by atoms with Crippen LogP contribution in [0.1, 0.15) is 18.4 Å². The quantitative estimate of drug-likeness (QED) is 0.733. The van der Waals surface area contributed by atoms with Crippen LogP contribution < -0.4 is 5.32 Å². The first-order chi connectivity index (χ1) is 8.45. The van der Waals surface area contributed by atoms with Gasteiger partial charge in [0.1, 0.15) is 0 Å². The monoisotopic (exact) mass is 235 g/mol. The van der Waals surface area contributed by atoms with Crippen molar-refractivity contribution in [3.8, 4) is 0 Å². The Balaban J connectivity index is 1.46. The molecular formula is C14H21NO2. The Morgan fingerprint density at radius 1 is 1.29 bits per heavy atom. The molecule has 1 aliphatic heterocycles. The number of hydrogen-bond acceptors (Lipinski definition) is 3. The molecule has 0 saturated carbocycles. The molecule has 0 bridgehead atoms. The third-order valence-corrected chi connectivity index (χ3v) is 2.93. The van der Waals surface area contributed by atoms with E-state index >= 15 is 0 Å². The normalized spacial score (nSPS) is 19.6. The summed E-state index contributed by atoms with van der Waals surface area (Å²) >= 11 is 0. The summed E-state index contributed by atoms with van der Waals surface area (Å²) in [6, 6.07) is 10.3. The molecule has 0 amide bonds. The van der Waals surface area contributed by atoms with Crippen LogP contribution in [0, 0.1) is 0 Å². The lowest BCUT2D eigenvalue weighted by molar-refractivity contribution is 0.0986. The Morgan fingerprint density at radius 2 is 2.18 bits per heavy atom. The van der Waals surface area contributed by atoms with Crippen LogP contribution in [0.25, 0.3) is 0 Å². The Bertz CT molecular complexity index is 296. The summed E-state index contributed by atoms with van der Waals surface area (Å²) in [6.07, 6.45) is 2.82. The van der Waals surface area contributed by atoms with E-state index in [1.54, 1.807) is 0 Å². The molecule has 0 radical (unpaired) electrons. The van der Waals surface area contributed by atoms with E-state index in [0.29, 0.717) is 12.7 Å². The molecule has 0 spiro atoms. The van der Waals surface area contributed by atoms with Crippen LogP contribution in [-0.2, 0) is 16.1 Å². The van der Waals surface area contributed by atoms with Gasteiger partial charge in [0, 0.05) is 19.7 Å². The summed E-state index contributed by atoms with van der Waals surface area (Å²) in [5.74, 6) is 0. The van der Waals surface area contributed by atoms with Crippen molar-refractivity contribution in [3.63, 3.8) is 0 Å². The van der Waals surface area contributed by atoms with Crippen LogP contribution in [0.5, 0.6) is 0 Å².